The Morgan fingerprint density at radius 1 is 1.42 bits per heavy atom. The molecule has 5 heteroatoms. The predicted octanol–water partition coefficient (Wildman–Crippen LogP) is 3.22. The topological polar surface area (TPSA) is 65.8 Å². The fourth-order valence-corrected chi connectivity index (χ4v) is 2.35. The summed E-state index contributed by atoms with van der Waals surface area (Å²) in [5.74, 6) is -0.329. The lowest BCUT2D eigenvalue weighted by molar-refractivity contribution is -0.115. The van der Waals surface area contributed by atoms with E-state index in [1.54, 1.807) is 6.07 Å². The molecule has 0 unspecified atom stereocenters. The van der Waals surface area contributed by atoms with E-state index in [1.165, 1.54) is 16.9 Å². The van der Waals surface area contributed by atoms with Crippen molar-refractivity contribution in [2.45, 2.75) is 19.8 Å². The minimum absolute atomic E-state index is 0.153. The number of carbonyl (C=O) groups is 1. The van der Waals surface area contributed by atoms with Crippen LogP contribution in [0.25, 0.3) is 11.3 Å². The van der Waals surface area contributed by atoms with Crippen molar-refractivity contribution in [1.29, 1.82) is 5.26 Å². The molecule has 0 saturated carbocycles. The van der Waals surface area contributed by atoms with Crippen LogP contribution < -0.4 is 5.32 Å². The summed E-state index contributed by atoms with van der Waals surface area (Å²) in [5, 5.41) is 13.4. The lowest BCUT2D eigenvalue weighted by Crippen LogP contribution is -2.09. The number of nitrogens with zero attached hydrogens (tertiary/aromatic N) is 2. The van der Waals surface area contributed by atoms with E-state index in [2.05, 4.69) is 29.4 Å². The van der Waals surface area contributed by atoms with E-state index in [0.717, 1.165) is 17.7 Å². The number of aryl methyl sites for hydroxylation is 1. The first-order valence-corrected chi connectivity index (χ1v) is 6.82. The van der Waals surface area contributed by atoms with Gasteiger partial charge in [-0.25, -0.2) is 4.98 Å². The van der Waals surface area contributed by atoms with Crippen LogP contribution in [-0.2, 0) is 11.2 Å². The fourth-order valence-electron chi connectivity index (χ4n) is 1.61. The molecule has 0 fully saturated rings. The number of hydrogen-bond donors (Lipinski definition) is 1. The van der Waals surface area contributed by atoms with Gasteiger partial charge in [0.2, 0.25) is 5.91 Å². The Kier molecular flexibility index (Phi) is 4.26. The van der Waals surface area contributed by atoms with Crippen molar-refractivity contribution in [1.82, 2.24) is 4.98 Å². The SMILES string of the molecule is CCc1ccc(-c2csc(NC(=O)CC#N)n2)cc1. The molecule has 2 rings (SSSR count). The normalized spacial score (nSPS) is 9.89. The molecule has 19 heavy (non-hydrogen) atoms. The molecule has 96 valence electrons. The van der Waals surface area contributed by atoms with Crippen LogP contribution in [0.5, 0.6) is 0 Å². The number of anilines is 1. The van der Waals surface area contributed by atoms with E-state index in [1.807, 2.05) is 17.5 Å². The van der Waals surface area contributed by atoms with E-state index in [9.17, 15) is 4.79 Å². The van der Waals surface area contributed by atoms with Crippen LogP contribution in [0.4, 0.5) is 5.13 Å². The molecule has 4 nitrogen and oxygen atoms in total. The number of thiazole rings is 1. The highest BCUT2D eigenvalue weighted by atomic mass is 32.1. The summed E-state index contributed by atoms with van der Waals surface area (Å²) < 4.78 is 0. The maximum atomic E-state index is 11.3. The minimum atomic E-state index is -0.329. The summed E-state index contributed by atoms with van der Waals surface area (Å²) in [4.78, 5) is 15.6. The van der Waals surface area contributed by atoms with E-state index in [0.29, 0.717) is 5.13 Å². The van der Waals surface area contributed by atoms with Gasteiger partial charge in [0.15, 0.2) is 5.13 Å². The molecule has 2 aromatic rings. The number of rotatable bonds is 4. The Bertz CT molecular complexity index is 610. The number of amides is 1. The number of carbonyl (C=O) groups excluding carboxylic acids is 1. The highest BCUT2D eigenvalue weighted by Gasteiger charge is 2.07. The van der Waals surface area contributed by atoms with Crippen LogP contribution in [0.1, 0.15) is 18.9 Å². The molecule has 0 bridgehead atoms. The van der Waals surface area contributed by atoms with Gasteiger partial charge in [0.25, 0.3) is 0 Å². The molecule has 1 heterocycles. The first kappa shape index (κ1) is 13.2. The second-order valence-electron chi connectivity index (χ2n) is 3.97. The van der Waals surface area contributed by atoms with Gasteiger partial charge < -0.3 is 5.32 Å². The van der Waals surface area contributed by atoms with Crippen LogP contribution >= 0.6 is 11.3 Å². The van der Waals surface area contributed by atoms with Crippen LogP contribution in [0.2, 0.25) is 0 Å². The van der Waals surface area contributed by atoms with Crippen molar-refractivity contribution in [3.63, 3.8) is 0 Å². The van der Waals surface area contributed by atoms with Gasteiger partial charge in [0.1, 0.15) is 6.42 Å². The monoisotopic (exact) mass is 271 g/mol. The molecule has 0 aliphatic rings. The maximum Gasteiger partial charge on any atom is 0.240 e. The Morgan fingerprint density at radius 2 is 2.16 bits per heavy atom. The molecule has 1 N–H and O–H groups in total. The van der Waals surface area contributed by atoms with E-state index >= 15 is 0 Å². The summed E-state index contributed by atoms with van der Waals surface area (Å²) in [6, 6.07) is 9.99. The van der Waals surface area contributed by atoms with Crippen molar-refractivity contribution < 1.29 is 4.79 Å². The molecular formula is C14H13N3OS. The summed E-state index contributed by atoms with van der Waals surface area (Å²) in [7, 11) is 0. The minimum Gasteiger partial charge on any atom is -0.301 e. The van der Waals surface area contributed by atoms with Crippen molar-refractivity contribution in [2.75, 3.05) is 5.32 Å². The summed E-state index contributed by atoms with van der Waals surface area (Å²) in [5.41, 5.74) is 3.13. The van der Waals surface area contributed by atoms with Crippen molar-refractivity contribution in [3.05, 3.63) is 35.2 Å². The largest absolute Gasteiger partial charge is 0.301 e. The average Bonchev–Trinajstić information content (AvgIpc) is 2.87. The van der Waals surface area contributed by atoms with E-state index < -0.39 is 0 Å². The lowest BCUT2D eigenvalue weighted by atomic mass is 10.1. The molecule has 0 spiro atoms. The Labute approximate surface area is 115 Å². The number of nitrogens with one attached hydrogen (secondary N) is 1. The lowest BCUT2D eigenvalue weighted by Gasteiger charge is -1.99. The van der Waals surface area contributed by atoms with Gasteiger partial charge in [0, 0.05) is 10.9 Å². The number of aromatic nitrogens is 1. The quantitative estimate of drug-likeness (QED) is 0.928. The van der Waals surface area contributed by atoms with Gasteiger partial charge in [-0.2, -0.15) is 5.26 Å². The van der Waals surface area contributed by atoms with Gasteiger partial charge >= 0.3 is 0 Å². The van der Waals surface area contributed by atoms with Crippen molar-refractivity contribution in [2.24, 2.45) is 0 Å². The summed E-state index contributed by atoms with van der Waals surface area (Å²) >= 11 is 1.36. The van der Waals surface area contributed by atoms with Crippen molar-refractivity contribution >= 4 is 22.4 Å². The predicted molar refractivity (Wildman–Crippen MR) is 75.8 cm³/mol. The summed E-state index contributed by atoms with van der Waals surface area (Å²) in [6.45, 7) is 2.11. The molecule has 0 atom stereocenters. The second-order valence-corrected chi connectivity index (χ2v) is 4.83. The molecule has 0 saturated heterocycles. The van der Waals surface area contributed by atoms with Crippen LogP contribution in [0.15, 0.2) is 29.6 Å². The Morgan fingerprint density at radius 3 is 2.79 bits per heavy atom. The van der Waals surface area contributed by atoms with Crippen LogP contribution in [-0.4, -0.2) is 10.9 Å². The third kappa shape index (κ3) is 3.39. The third-order valence-electron chi connectivity index (χ3n) is 2.65. The third-order valence-corrected chi connectivity index (χ3v) is 3.41. The van der Waals surface area contributed by atoms with Gasteiger partial charge in [-0.05, 0) is 12.0 Å². The molecule has 1 aromatic heterocycles. The number of nitriles is 1. The molecule has 0 aliphatic carbocycles. The van der Waals surface area contributed by atoms with Gasteiger partial charge in [-0.3, -0.25) is 4.79 Å². The van der Waals surface area contributed by atoms with E-state index in [4.69, 9.17) is 5.26 Å². The molecule has 0 aliphatic heterocycles. The van der Waals surface area contributed by atoms with Gasteiger partial charge in [-0.15, -0.1) is 11.3 Å². The first-order valence-electron chi connectivity index (χ1n) is 5.94. The zero-order valence-corrected chi connectivity index (χ0v) is 11.3. The average molecular weight is 271 g/mol. The Hall–Kier alpha value is -2.19. The van der Waals surface area contributed by atoms with Gasteiger partial charge in [-0.1, -0.05) is 31.2 Å². The highest BCUT2D eigenvalue weighted by molar-refractivity contribution is 7.14. The number of hydrogen-bond acceptors (Lipinski definition) is 4. The molecule has 0 radical (unpaired) electrons. The second kappa shape index (κ2) is 6.12. The van der Waals surface area contributed by atoms with Gasteiger partial charge in [0.05, 0.1) is 11.8 Å². The summed E-state index contributed by atoms with van der Waals surface area (Å²) in [6.07, 6.45) is 0.854. The maximum absolute atomic E-state index is 11.3. The first-order chi connectivity index (χ1) is 9.22. The fraction of sp³-hybridized carbons (Fsp3) is 0.214. The Balaban J connectivity index is 2.11. The van der Waals surface area contributed by atoms with Crippen LogP contribution in [0, 0.1) is 11.3 Å². The van der Waals surface area contributed by atoms with Crippen LogP contribution in [0.3, 0.4) is 0 Å². The highest BCUT2D eigenvalue weighted by Crippen LogP contribution is 2.25. The zero-order valence-electron chi connectivity index (χ0n) is 10.5. The molecular weight excluding hydrogens is 258 g/mol. The standard InChI is InChI=1S/C14H13N3OS/c1-2-10-3-5-11(6-4-10)12-9-19-14(16-12)17-13(18)7-8-15/h3-6,9H,2,7H2,1H3,(H,16,17,18). The van der Waals surface area contributed by atoms with Crippen molar-refractivity contribution in [3.8, 4) is 17.3 Å². The molecule has 1 aromatic carbocycles. The van der Waals surface area contributed by atoms with E-state index in [-0.39, 0.29) is 12.3 Å². The number of benzene rings is 1. The molecule has 1 amide bonds. The zero-order chi connectivity index (χ0) is 13.7. The smallest absolute Gasteiger partial charge is 0.240 e.